The number of carbonyl (C=O) groups excluding carboxylic acids is 1. The van der Waals surface area contributed by atoms with E-state index >= 15 is 0 Å². The van der Waals surface area contributed by atoms with Crippen LogP contribution in [0.4, 0.5) is 0 Å². The van der Waals surface area contributed by atoms with Crippen LogP contribution in [0.25, 0.3) is 0 Å². The van der Waals surface area contributed by atoms with E-state index in [4.69, 9.17) is 34.8 Å². The van der Waals surface area contributed by atoms with E-state index in [0.29, 0.717) is 6.42 Å². The van der Waals surface area contributed by atoms with Gasteiger partial charge in [0.2, 0.25) is 5.24 Å². The van der Waals surface area contributed by atoms with Gasteiger partial charge in [0.1, 0.15) is 0 Å². The molecule has 0 saturated heterocycles. The molecule has 0 fully saturated rings. The average Bonchev–Trinajstić information content (AvgIpc) is 2.51. The van der Waals surface area contributed by atoms with E-state index in [9.17, 15) is 4.79 Å². The molecule has 0 heterocycles. The van der Waals surface area contributed by atoms with Gasteiger partial charge in [-0.15, -0.1) is 23.2 Å². The first-order chi connectivity index (χ1) is 11.2. The van der Waals surface area contributed by atoms with Gasteiger partial charge < -0.3 is 0 Å². The molecule has 1 nitrogen and oxygen atoms in total. The third-order valence-electron chi connectivity index (χ3n) is 3.98. The van der Waals surface area contributed by atoms with E-state index in [2.05, 4.69) is 6.92 Å². The van der Waals surface area contributed by atoms with Crippen molar-refractivity contribution in [3.63, 3.8) is 0 Å². The Morgan fingerprint density at radius 1 is 0.609 bits per heavy atom. The molecule has 0 N–H and O–H groups in total. The fraction of sp³-hybridized carbons (Fsp3) is 0.947. The van der Waals surface area contributed by atoms with Crippen molar-refractivity contribution in [3.05, 3.63) is 0 Å². The van der Waals surface area contributed by atoms with E-state index < -0.39 is 0 Å². The van der Waals surface area contributed by atoms with Crippen molar-refractivity contribution >= 4 is 40.0 Å². The van der Waals surface area contributed by atoms with Gasteiger partial charge in [0, 0.05) is 6.42 Å². The topological polar surface area (TPSA) is 17.1 Å². The van der Waals surface area contributed by atoms with Gasteiger partial charge in [-0.1, -0.05) is 96.8 Å². The summed E-state index contributed by atoms with van der Waals surface area (Å²) in [5.41, 5.74) is 0. The molecule has 0 aromatic heterocycles. The first-order valence-corrected chi connectivity index (χ1v) is 10.9. The van der Waals surface area contributed by atoms with Crippen LogP contribution in [0.5, 0.6) is 0 Å². The lowest BCUT2D eigenvalue weighted by Gasteiger charge is -2.03. The van der Waals surface area contributed by atoms with Crippen molar-refractivity contribution in [1.82, 2.24) is 0 Å². The lowest BCUT2D eigenvalue weighted by Crippen LogP contribution is -1.86. The molecule has 4 heteroatoms. The molecule has 0 rings (SSSR count). The number of carbonyl (C=O) groups is 1. The Morgan fingerprint density at radius 2 is 0.870 bits per heavy atom. The number of hydrogen-bond donors (Lipinski definition) is 0. The van der Waals surface area contributed by atoms with Gasteiger partial charge in [-0.3, -0.25) is 4.79 Å². The summed E-state index contributed by atoms with van der Waals surface area (Å²) in [6.07, 6.45) is 20.8. The van der Waals surface area contributed by atoms with Gasteiger partial charge in [0.25, 0.3) is 0 Å². The summed E-state index contributed by atoms with van der Waals surface area (Å²) < 4.78 is 0. The monoisotopic (exact) mass is 386 g/mol. The number of rotatable bonds is 16. The molecule has 0 aromatic rings. The van der Waals surface area contributed by atoms with E-state index in [1.54, 1.807) is 0 Å². The van der Waals surface area contributed by atoms with E-state index in [1.165, 1.54) is 83.5 Å². The average molecular weight is 388 g/mol. The lowest BCUT2D eigenvalue weighted by atomic mass is 10.0. The van der Waals surface area contributed by atoms with Crippen molar-refractivity contribution in [2.75, 3.05) is 5.34 Å². The van der Waals surface area contributed by atoms with Gasteiger partial charge in [-0.25, -0.2) is 0 Å². The summed E-state index contributed by atoms with van der Waals surface area (Å²) >= 11 is 14.8. The molecule has 0 amide bonds. The Bertz CT molecular complexity index is 223. The zero-order chi connectivity index (χ0) is 17.6. The van der Waals surface area contributed by atoms with Crippen LogP contribution in [-0.2, 0) is 4.79 Å². The molecular weight excluding hydrogens is 351 g/mol. The van der Waals surface area contributed by atoms with E-state index in [0.717, 1.165) is 12.8 Å². The minimum atomic E-state index is -0.181. The maximum Gasteiger partial charge on any atom is 0.221 e. The van der Waals surface area contributed by atoms with Crippen LogP contribution in [0, 0.1) is 0 Å². The van der Waals surface area contributed by atoms with E-state index in [1.807, 2.05) is 0 Å². The van der Waals surface area contributed by atoms with Crippen molar-refractivity contribution in [3.8, 4) is 0 Å². The quantitative estimate of drug-likeness (QED) is 0.147. The molecule has 0 aliphatic rings. The van der Waals surface area contributed by atoms with Crippen molar-refractivity contribution < 1.29 is 4.79 Å². The van der Waals surface area contributed by atoms with Gasteiger partial charge in [0.15, 0.2) is 0 Å². The smallest absolute Gasteiger partial charge is 0.221 e. The lowest BCUT2D eigenvalue weighted by molar-refractivity contribution is -0.111. The summed E-state index contributed by atoms with van der Waals surface area (Å²) in [5, 5.41) is 0.0136. The van der Waals surface area contributed by atoms with Crippen LogP contribution in [0.15, 0.2) is 0 Å². The molecule has 0 aromatic carbocycles. The van der Waals surface area contributed by atoms with Crippen LogP contribution in [0.1, 0.15) is 110 Å². The summed E-state index contributed by atoms with van der Waals surface area (Å²) in [6, 6.07) is 0. The Morgan fingerprint density at radius 3 is 1.13 bits per heavy atom. The minimum absolute atomic E-state index is 0.181. The molecule has 23 heavy (non-hydrogen) atoms. The molecule has 0 aliphatic heterocycles. The molecule has 0 unspecified atom stereocenters. The third kappa shape index (κ3) is 30.9. The summed E-state index contributed by atoms with van der Waals surface area (Å²) in [7, 11) is 0. The molecule has 0 aliphatic carbocycles. The van der Waals surface area contributed by atoms with Gasteiger partial charge >= 0.3 is 0 Å². The molecule has 0 spiro atoms. The predicted molar refractivity (Wildman–Crippen MR) is 107 cm³/mol. The van der Waals surface area contributed by atoms with Crippen molar-refractivity contribution in [1.29, 1.82) is 0 Å². The normalized spacial score (nSPS) is 10.3. The van der Waals surface area contributed by atoms with Gasteiger partial charge in [-0.05, 0) is 18.0 Å². The number of unbranched alkanes of at least 4 members (excludes halogenated alkanes) is 14. The Hall–Kier alpha value is 0.540. The SMILES string of the molecule is CCCCCCCCCCCCCCCCCC(=O)Cl.ClCCl. The zero-order valence-electron chi connectivity index (χ0n) is 15.1. The summed E-state index contributed by atoms with van der Waals surface area (Å²) in [5.74, 6) is 0. The molecular formula is C19H37Cl3O. The Balaban J connectivity index is 0. The highest BCUT2D eigenvalue weighted by atomic mass is 35.5. The number of alkyl halides is 2. The highest BCUT2D eigenvalue weighted by molar-refractivity contribution is 6.63. The van der Waals surface area contributed by atoms with E-state index in [-0.39, 0.29) is 10.6 Å². The van der Waals surface area contributed by atoms with Gasteiger partial charge in [0.05, 0.1) is 5.34 Å². The van der Waals surface area contributed by atoms with Crippen molar-refractivity contribution in [2.24, 2.45) is 0 Å². The van der Waals surface area contributed by atoms with Crippen LogP contribution in [0.3, 0.4) is 0 Å². The largest absolute Gasteiger partial charge is 0.281 e. The van der Waals surface area contributed by atoms with Crippen LogP contribution in [0.2, 0.25) is 0 Å². The minimum Gasteiger partial charge on any atom is -0.281 e. The summed E-state index contributed by atoms with van der Waals surface area (Å²) in [6.45, 7) is 2.28. The summed E-state index contributed by atoms with van der Waals surface area (Å²) in [4.78, 5) is 10.5. The van der Waals surface area contributed by atoms with Crippen LogP contribution < -0.4 is 0 Å². The van der Waals surface area contributed by atoms with Gasteiger partial charge in [-0.2, -0.15) is 0 Å². The number of halogens is 3. The molecule has 0 bridgehead atoms. The standard InChI is InChI=1S/C18H35ClO.CH2Cl2/c1-2-3-4-5-6-7-8-9-10-11-12-13-14-15-16-17-18(19)20;2-1-3/h2-17H2,1H3;1H2. The predicted octanol–water partition coefficient (Wildman–Crippen LogP) is 8.43. The fourth-order valence-corrected chi connectivity index (χ4v) is 2.77. The van der Waals surface area contributed by atoms with Crippen molar-refractivity contribution in [2.45, 2.75) is 110 Å². The first-order valence-electron chi connectivity index (χ1n) is 9.49. The first kappa shape index (κ1) is 25.8. The molecule has 0 radical (unpaired) electrons. The second-order valence-electron chi connectivity index (χ2n) is 6.16. The van der Waals surface area contributed by atoms with Crippen LogP contribution >= 0.6 is 34.8 Å². The maximum absolute atomic E-state index is 10.5. The molecule has 0 saturated carbocycles. The van der Waals surface area contributed by atoms with Crippen LogP contribution in [-0.4, -0.2) is 10.6 Å². The highest BCUT2D eigenvalue weighted by Gasteiger charge is 1.96. The third-order valence-corrected chi connectivity index (χ3v) is 4.17. The Labute approximate surface area is 159 Å². The zero-order valence-corrected chi connectivity index (χ0v) is 17.3. The maximum atomic E-state index is 10.5. The molecule has 0 atom stereocenters. The second kappa shape index (κ2) is 24.8. The Kier molecular flexibility index (Phi) is 27.8. The second-order valence-corrected chi connectivity index (χ2v) is 7.39. The fourth-order valence-electron chi connectivity index (χ4n) is 2.64. The number of hydrogen-bond acceptors (Lipinski definition) is 1. The molecule has 140 valence electrons. The highest BCUT2D eigenvalue weighted by Crippen LogP contribution is 2.13.